The van der Waals surface area contributed by atoms with Crippen molar-refractivity contribution in [1.29, 1.82) is 0 Å². The second-order valence-electron chi connectivity index (χ2n) is 4.75. The summed E-state index contributed by atoms with van der Waals surface area (Å²) in [6, 6.07) is 4.09. The van der Waals surface area contributed by atoms with Crippen molar-refractivity contribution in [2.45, 2.75) is 19.9 Å². The smallest absolute Gasteiger partial charge is 0.0594 e. The van der Waals surface area contributed by atoms with Crippen LogP contribution in [0, 0.1) is 6.92 Å². The Kier molecular flexibility index (Phi) is 5.58. The number of ether oxygens (including phenoxy) is 1. The lowest BCUT2D eigenvalue weighted by Gasteiger charge is -2.26. The summed E-state index contributed by atoms with van der Waals surface area (Å²) < 4.78 is 5.33. The summed E-state index contributed by atoms with van der Waals surface area (Å²) in [5.41, 5.74) is 2.42. The van der Waals surface area contributed by atoms with E-state index in [2.05, 4.69) is 28.2 Å². The van der Waals surface area contributed by atoms with Crippen molar-refractivity contribution in [2.75, 3.05) is 39.4 Å². The zero-order chi connectivity index (χ0) is 12.6. The zero-order valence-corrected chi connectivity index (χ0v) is 11.2. The van der Waals surface area contributed by atoms with Crippen LogP contribution < -0.4 is 5.32 Å². The molecule has 1 aromatic heterocycles. The van der Waals surface area contributed by atoms with E-state index in [4.69, 9.17) is 4.74 Å². The van der Waals surface area contributed by atoms with Crippen LogP contribution in [-0.4, -0.2) is 49.3 Å². The van der Waals surface area contributed by atoms with Crippen LogP contribution >= 0.6 is 0 Å². The Bertz CT molecular complexity index is 351. The summed E-state index contributed by atoms with van der Waals surface area (Å²) >= 11 is 0. The van der Waals surface area contributed by atoms with Gasteiger partial charge in [-0.1, -0.05) is 6.07 Å². The number of morpholine rings is 1. The van der Waals surface area contributed by atoms with E-state index in [0.717, 1.165) is 51.6 Å². The molecule has 0 saturated carbocycles. The van der Waals surface area contributed by atoms with Gasteiger partial charge in [-0.3, -0.25) is 9.88 Å². The highest BCUT2D eigenvalue weighted by Crippen LogP contribution is 2.02. The van der Waals surface area contributed by atoms with Crippen molar-refractivity contribution >= 4 is 0 Å². The molecule has 0 atom stereocenters. The largest absolute Gasteiger partial charge is 0.379 e. The maximum Gasteiger partial charge on any atom is 0.0594 e. The molecule has 0 spiro atoms. The van der Waals surface area contributed by atoms with Crippen molar-refractivity contribution < 1.29 is 4.74 Å². The van der Waals surface area contributed by atoms with Gasteiger partial charge in [-0.15, -0.1) is 0 Å². The van der Waals surface area contributed by atoms with Crippen molar-refractivity contribution in [3.63, 3.8) is 0 Å². The molecule has 1 aromatic rings. The Morgan fingerprint density at radius 1 is 1.39 bits per heavy atom. The van der Waals surface area contributed by atoms with E-state index in [0.29, 0.717) is 0 Å². The number of hydrogen-bond acceptors (Lipinski definition) is 4. The van der Waals surface area contributed by atoms with E-state index in [1.807, 2.05) is 12.3 Å². The second-order valence-corrected chi connectivity index (χ2v) is 4.75. The summed E-state index contributed by atoms with van der Waals surface area (Å²) in [4.78, 5) is 6.85. The first-order valence-electron chi connectivity index (χ1n) is 6.77. The van der Waals surface area contributed by atoms with E-state index in [1.165, 1.54) is 12.0 Å². The van der Waals surface area contributed by atoms with Crippen molar-refractivity contribution in [1.82, 2.24) is 15.2 Å². The standard InChI is InChI=1S/C14H23N3O/c1-13-4-2-6-16-14(13)12-15-5-3-7-17-8-10-18-11-9-17/h2,4,6,15H,3,5,7-12H2,1H3. The number of nitrogens with one attached hydrogen (secondary N) is 1. The highest BCUT2D eigenvalue weighted by Gasteiger charge is 2.08. The predicted octanol–water partition coefficient (Wildman–Crippen LogP) is 1.20. The monoisotopic (exact) mass is 249 g/mol. The molecule has 0 unspecified atom stereocenters. The summed E-state index contributed by atoms with van der Waals surface area (Å²) in [6.07, 6.45) is 3.05. The Balaban J connectivity index is 1.57. The minimum Gasteiger partial charge on any atom is -0.379 e. The molecule has 2 heterocycles. The molecule has 0 bridgehead atoms. The molecule has 4 heteroatoms. The molecule has 0 aliphatic carbocycles. The zero-order valence-electron chi connectivity index (χ0n) is 11.2. The van der Waals surface area contributed by atoms with Gasteiger partial charge in [0.25, 0.3) is 0 Å². The third-order valence-corrected chi connectivity index (χ3v) is 3.34. The number of pyridine rings is 1. The molecule has 1 saturated heterocycles. The summed E-state index contributed by atoms with van der Waals surface area (Å²) in [6.45, 7) is 9.14. The van der Waals surface area contributed by atoms with Gasteiger partial charge in [0.1, 0.15) is 0 Å². The number of aromatic nitrogens is 1. The molecule has 1 aliphatic heterocycles. The second kappa shape index (κ2) is 7.46. The number of rotatable bonds is 6. The maximum absolute atomic E-state index is 5.33. The number of hydrogen-bond donors (Lipinski definition) is 1. The fourth-order valence-electron chi connectivity index (χ4n) is 2.16. The molecule has 100 valence electrons. The first kappa shape index (κ1) is 13.5. The molecular formula is C14H23N3O. The summed E-state index contributed by atoms with van der Waals surface area (Å²) in [7, 11) is 0. The van der Waals surface area contributed by atoms with Crippen LogP contribution in [0.4, 0.5) is 0 Å². The fourth-order valence-corrected chi connectivity index (χ4v) is 2.16. The Morgan fingerprint density at radius 2 is 2.22 bits per heavy atom. The minimum atomic E-state index is 0.871. The van der Waals surface area contributed by atoms with Crippen LogP contribution in [0.3, 0.4) is 0 Å². The van der Waals surface area contributed by atoms with Gasteiger partial charge in [0.05, 0.1) is 18.9 Å². The number of aryl methyl sites for hydroxylation is 1. The Morgan fingerprint density at radius 3 is 3.00 bits per heavy atom. The SMILES string of the molecule is Cc1cccnc1CNCCCN1CCOCC1. The van der Waals surface area contributed by atoms with Gasteiger partial charge in [0.2, 0.25) is 0 Å². The van der Waals surface area contributed by atoms with Crippen LogP contribution in [0.2, 0.25) is 0 Å². The van der Waals surface area contributed by atoms with Gasteiger partial charge < -0.3 is 10.1 Å². The third-order valence-electron chi connectivity index (χ3n) is 3.34. The van der Waals surface area contributed by atoms with E-state index < -0.39 is 0 Å². The normalized spacial score (nSPS) is 16.9. The molecule has 0 radical (unpaired) electrons. The molecule has 4 nitrogen and oxygen atoms in total. The molecule has 2 rings (SSSR count). The average Bonchev–Trinajstić information content (AvgIpc) is 2.42. The minimum absolute atomic E-state index is 0.871. The molecule has 18 heavy (non-hydrogen) atoms. The van der Waals surface area contributed by atoms with Crippen LogP contribution in [0.15, 0.2) is 18.3 Å². The molecule has 1 fully saturated rings. The van der Waals surface area contributed by atoms with Gasteiger partial charge >= 0.3 is 0 Å². The maximum atomic E-state index is 5.33. The third kappa shape index (κ3) is 4.37. The predicted molar refractivity (Wildman–Crippen MR) is 72.6 cm³/mol. The summed E-state index contributed by atoms with van der Waals surface area (Å²) in [5, 5.41) is 3.46. The van der Waals surface area contributed by atoms with E-state index in [9.17, 15) is 0 Å². The first-order chi connectivity index (χ1) is 8.86. The van der Waals surface area contributed by atoms with Crippen molar-refractivity contribution in [2.24, 2.45) is 0 Å². The van der Waals surface area contributed by atoms with Crippen LogP contribution in [0.5, 0.6) is 0 Å². The number of nitrogens with zero attached hydrogens (tertiary/aromatic N) is 2. The molecule has 0 amide bonds. The lowest BCUT2D eigenvalue weighted by molar-refractivity contribution is 0.0374. The molecule has 1 aliphatic rings. The van der Waals surface area contributed by atoms with Gasteiger partial charge in [0.15, 0.2) is 0 Å². The average molecular weight is 249 g/mol. The van der Waals surface area contributed by atoms with Crippen LogP contribution in [0.25, 0.3) is 0 Å². The van der Waals surface area contributed by atoms with Gasteiger partial charge in [-0.2, -0.15) is 0 Å². The van der Waals surface area contributed by atoms with Gasteiger partial charge in [-0.25, -0.2) is 0 Å². The van der Waals surface area contributed by atoms with Crippen molar-refractivity contribution in [3.8, 4) is 0 Å². The lowest BCUT2D eigenvalue weighted by Crippen LogP contribution is -2.37. The van der Waals surface area contributed by atoms with Crippen LogP contribution in [-0.2, 0) is 11.3 Å². The molecule has 0 aromatic carbocycles. The lowest BCUT2D eigenvalue weighted by atomic mass is 10.2. The molecular weight excluding hydrogens is 226 g/mol. The van der Waals surface area contributed by atoms with E-state index >= 15 is 0 Å². The first-order valence-corrected chi connectivity index (χ1v) is 6.77. The highest BCUT2D eigenvalue weighted by molar-refractivity contribution is 5.17. The fraction of sp³-hybridized carbons (Fsp3) is 0.643. The van der Waals surface area contributed by atoms with Gasteiger partial charge in [0, 0.05) is 25.8 Å². The summed E-state index contributed by atoms with van der Waals surface area (Å²) in [5.74, 6) is 0. The van der Waals surface area contributed by atoms with E-state index in [-0.39, 0.29) is 0 Å². The quantitative estimate of drug-likeness (QED) is 0.769. The van der Waals surface area contributed by atoms with Gasteiger partial charge in [-0.05, 0) is 38.1 Å². The highest BCUT2D eigenvalue weighted by atomic mass is 16.5. The molecule has 1 N–H and O–H groups in total. The Labute approximate surface area is 109 Å². The van der Waals surface area contributed by atoms with Crippen LogP contribution in [0.1, 0.15) is 17.7 Å². The van der Waals surface area contributed by atoms with E-state index in [1.54, 1.807) is 0 Å². The Hall–Kier alpha value is -0.970. The van der Waals surface area contributed by atoms with Crippen molar-refractivity contribution in [3.05, 3.63) is 29.6 Å². The topological polar surface area (TPSA) is 37.4 Å².